The molecule has 0 heterocycles. The maximum atomic E-state index is 2.27. The number of fused-ring (bicyclic) bond motifs is 1. The van der Waals surface area contributed by atoms with Crippen molar-refractivity contribution in [2.24, 2.45) is 0 Å². The molecule has 16 heavy (non-hydrogen) atoms. The van der Waals surface area contributed by atoms with Crippen LogP contribution >= 0.6 is 0 Å². The Morgan fingerprint density at radius 3 is 2.19 bits per heavy atom. The van der Waals surface area contributed by atoms with E-state index in [-0.39, 0.29) is 5.41 Å². The molecule has 0 fully saturated rings. The third kappa shape index (κ3) is 1.84. The van der Waals surface area contributed by atoms with Crippen molar-refractivity contribution < 1.29 is 0 Å². The molecular weight excluding hydrogens is 192 g/mol. The largest absolute Gasteiger partial charge is 0.0587 e. The number of benzene rings is 2. The van der Waals surface area contributed by atoms with Crippen molar-refractivity contribution in [2.75, 3.05) is 0 Å². The molecule has 2 aromatic carbocycles. The zero-order valence-electron chi connectivity index (χ0n) is 10.9. The van der Waals surface area contributed by atoms with Gasteiger partial charge in [-0.2, -0.15) is 0 Å². The fraction of sp³-hybridized carbons (Fsp3) is 0.375. The Morgan fingerprint density at radius 1 is 0.875 bits per heavy atom. The van der Waals surface area contributed by atoms with Gasteiger partial charge in [-0.25, -0.2) is 0 Å². The van der Waals surface area contributed by atoms with Gasteiger partial charge in [-0.1, -0.05) is 56.7 Å². The van der Waals surface area contributed by atoms with Crippen LogP contribution in [-0.2, 0) is 5.41 Å². The van der Waals surface area contributed by atoms with Crippen LogP contribution in [-0.4, -0.2) is 0 Å². The molecule has 2 rings (SSSR count). The summed E-state index contributed by atoms with van der Waals surface area (Å²) in [6.07, 6.45) is 0. The Bertz CT molecular complexity index is 527. The Labute approximate surface area is 98.3 Å². The van der Waals surface area contributed by atoms with E-state index in [9.17, 15) is 0 Å². The summed E-state index contributed by atoms with van der Waals surface area (Å²) >= 11 is 0. The van der Waals surface area contributed by atoms with Gasteiger partial charge in [-0.15, -0.1) is 0 Å². The van der Waals surface area contributed by atoms with E-state index in [4.69, 9.17) is 0 Å². The summed E-state index contributed by atoms with van der Waals surface area (Å²) in [5.41, 5.74) is 4.42. The van der Waals surface area contributed by atoms with Crippen molar-refractivity contribution in [1.29, 1.82) is 0 Å². The first-order valence-corrected chi connectivity index (χ1v) is 5.90. The molecule has 0 aliphatic rings. The van der Waals surface area contributed by atoms with Crippen LogP contribution in [0.2, 0.25) is 0 Å². The van der Waals surface area contributed by atoms with Crippen LogP contribution in [0.15, 0.2) is 30.3 Å². The SMILES string of the molecule is Cc1ccc2c(C)c(C(C)(C)C)ccc2c1. The summed E-state index contributed by atoms with van der Waals surface area (Å²) < 4.78 is 0. The molecule has 0 nitrogen and oxygen atoms in total. The van der Waals surface area contributed by atoms with Gasteiger partial charge in [0.05, 0.1) is 0 Å². The number of aryl methyl sites for hydroxylation is 2. The molecule has 2 aromatic rings. The highest BCUT2D eigenvalue weighted by Gasteiger charge is 2.17. The van der Waals surface area contributed by atoms with Crippen molar-refractivity contribution in [3.63, 3.8) is 0 Å². The third-order valence-corrected chi connectivity index (χ3v) is 3.25. The van der Waals surface area contributed by atoms with Gasteiger partial charge in [0.25, 0.3) is 0 Å². The minimum atomic E-state index is 0.225. The minimum absolute atomic E-state index is 0.225. The van der Waals surface area contributed by atoms with E-state index >= 15 is 0 Å². The highest BCUT2D eigenvalue weighted by atomic mass is 14.2. The molecule has 84 valence electrons. The molecule has 0 unspecified atom stereocenters. The summed E-state index contributed by atoms with van der Waals surface area (Å²) in [4.78, 5) is 0. The lowest BCUT2D eigenvalue weighted by Crippen LogP contribution is -2.13. The average Bonchev–Trinajstić information content (AvgIpc) is 2.15. The number of hydrogen-bond donors (Lipinski definition) is 0. The van der Waals surface area contributed by atoms with E-state index in [0.29, 0.717) is 0 Å². The molecule has 0 atom stereocenters. The highest BCUT2D eigenvalue weighted by molar-refractivity contribution is 5.87. The second-order valence-electron chi connectivity index (χ2n) is 5.71. The molecule has 0 bridgehead atoms. The lowest BCUT2D eigenvalue weighted by Gasteiger charge is -2.22. The van der Waals surface area contributed by atoms with E-state index in [1.807, 2.05) is 0 Å². The average molecular weight is 212 g/mol. The summed E-state index contributed by atoms with van der Waals surface area (Å²) in [6.45, 7) is 11.2. The molecule has 0 saturated carbocycles. The fourth-order valence-electron chi connectivity index (χ4n) is 2.42. The van der Waals surface area contributed by atoms with Gasteiger partial charge in [0.15, 0.2) is 0 Å². The van der Waals surface area contributed by atoms with Gasteiger partial charge < -0.3 is 0 Å². The van der Waals surface area contributed by atoms with Crippen LogP contribution < -0.4 is 0 Å². The lowest BCUT2D eigenvalue weighted by atomic mass is 9.82. The van der Waals surface area contributed by atoms with Crippen LogP contribution in [0.5, 0.6) is 0 Å². The first-order valence-electron chi connectivity index (χ1n) is 5.90. The first kappa shape index (κ1) is 11.2. The van der Waals surface area contributed by atoms with Crippen molar-refractivity contribution in [3.05, 3.63) is 47.0 Å². The van der Waals surface area contributed by atoms with Crippen molar-refractivity contribution in [1.82, 2.24) is 0 Å². The van der Waals surface area contributed by atoms with Gasteiger partial charge >= 0.3 is 0 Å². The van der Waals surface area contributed by atoms with E-state index in [2.05, 4.69) is 65.0 Å². The van der Waals surface area contributed by atoms with Crippen molar-refractivity contribution >= 4 is 10.8 Å². The monoisotopic (exact) mass is 212 g/mol. The van der Waals surface area contributed by atoms with Crippen LogP contribution in [0.1, 0.15) is 37.5 Å². The molecule has 0 N–H and O–H groups in total. The topological polar surface area (TPSA) is 0 Å². The van der Waals surface area contributed by atoms with Gasteiger partial charge in [0.1, 0.15) is 0 Å². The smallest absolute Gasteiger partial charge is 0.0129 e. The van der Waals surface area contributed by atoms with E-state index in [1.54, 1.807) is 0 Å². The predicted octanol–water partition coefficient (Wildman–Crippen LogP) is 4.75. The first-order chi connectivity index (χ1) is 7.39. The van der Waals surface area contributed by atoms with Gasteiger partial charge in [0.2, 0.25) is 0 Å². The van der Waals surface area contributed by atoms with Crippen molar-refractivity contribution in [2.45, 2.75) is 40.0 Å². The van der Waals surface area contributed by atoms with Crippen LogP contribution in [0, 0.1) is 13.8 Å². The molecule has 0 aromatic heterocycles. The Kier molecular flexibility index (Phi) is 2.53. The van der Waals surface area contributed by atoms with Gasteiger partial charge in [-0.3, -0.25) is 0 Å². The summed E-state index contributed by atoms with van der Waals surface area (Å²) in [7, 11) is 0. The van der Waals surface area contributed by atoms with E-state index < -0.39 is 0 Å². The third-order valence-electron chi connectivity index (χ3n) is 3.25. The van der Waals surface area contributed by atoms with Gasteiger partial charge in [-0.05, 0) is 41.2 Å². The normalized spacial score (nSPS) is 12.1. The Balaban J connectivity index is 2.75. The Hall–Kier alpha value is -1.30. The van der Waals surface area contributed by atoms with E-state index in [1.165, 1.54) is 27.5 Å². The molecule has 0 aliphatic heterocycles. The summed E-state index contributed by atoms with van der Waals surface area (Å²) in [5, 5.41) is 2.74. The van der Waals surface area contributed by atoms with Gasteiger partial charge in [0, 0.05) is 0 Å². The quantitative estimate of drug-likeness (QED) is 0.591. The predicted molar refractivity (Wildman–Crippen MR) is 72.1 cm³/mol. The summed E-state index contributed by atoms with van der Waals surface area (Å²) in [6, 6.07) is 11.2. The number of hydrogen-bond acceptors (Lipinski definition) is 0. The summed E-state index contributed by atoms with van der Waals surface area (Å²) in [5.74, 6) is 0. The second-order valence-corrected chi connectivity index (χ2v) is 5.71. The highest BCUT2D eigenvalue weighted by Crippen LogP contribution is 2.30. The van der Waals surface area contributed by atoms with Crippen molar-refractivity contribution in [3.8, 4) is 0 Å². The zero-order valence-corrected chi connectivity index (χ0v) is 10.9. The lowest BCUT2D eigenvalue weighted by molar-refractivity contribution is 0.587. The molecule has 0 heteroatoms. The maximum absolute atomic E-state index is 2.27. The van der Waals surface area contributed by atoms with E-state index in [0.717, 1.165) is 0 Å². The van der Waals surface area contributed by atoms with Crippen LogP contribution in [0.3, 0.4) is 0 Å². The zero-order chi connectivity index (χ0) is 11.9. The Morgan fingerprint density at radius 2 is 1.56 bits per heavy atom. The molecule has 0 radical (unpaired) electrons. The number of rotatable bonds is 0. The molecular formula is C16H20. The maximum Gasteiger partial charge on any atom is -0.0129 e. The van der Waals surface area contributed by atoms with Crippen LogP contribution in [0.25, 0.3) is 10.8 Å². The molecule has 0 aliphatic carbocycles. The molecule has 0 saturated heterocycles. The standard InChI is InChI=1S/C16H20/c1-11-6-8-14-12(2)15(16(3,4)5)9-7-13(14)10-11/h6-10H,1-5H3. The minimum Gasteiger partial charge on any atom is -0.0587 e. The fourth-order valence-corrected chi connectivity index (χ4v) is 2.42. The van der Waals surface area contributed by atoms with Crippen LogP contribution in [0.4, 0.5) is 0 Å². The molecule has 0 amide bonds. The second kappa shape index (κ2) is 3.62. The molecule has 0 spiro atoms.